The van der Waals surface area contributed by atoms with Crippen LogP contribution in [0.2, 0.25) is 5.02 Å². The Labute approximate surface area is 177 Å². The maximum absolute atomic E-state index is 13.3. The summed E-state index contributed by atoms with van der Waals surface area (Å²) in [6, 6.07) is 11.7. The molecule has 1 atom stereocenters. The Kier molecular flexibility index (Phi) is 6.00. The first-order chi connectivity index (χ1) is 14.1. The van der Waals surface area contributed by atoms with Crippen LogP contribution >= 0.6 is 11.6 Å². The van der Waals surface area contributed by atoms with E-state index in [-0.39, 0.29) is 11.9 Å². The number of amides is 1. The van der Waals surface area contributed by atoms with E-state index in [4.69, 9.17) is 21.1 Å². The van der Waals surface area contributed by atoms with Crippen LogP contribution in [0.3, 0.4) is 0 Å². The largest absolute Gasteiger partial charge is 0.493 e. The van der Waals surface area contributed by atoms with Crippen molar-refractivity contribution in [2.75, 3.05) is 20.8 Å². The molecular formula is C24H28ClNO3. The molecule has 2 aromatic rings. The highest BCUT2D eigenvalue weighted by atomic mass is 35.5. The Morgan fingerprint density at radius 2 is 1.83 bits per heavy atom. The minimum absolute atomic E-state index is 0.161. The van der Waals surface area contributed by atoms with Crippen molar-refractivity contribution in [3.8, 4) is 11.5 Å². The van der Waals surface area contributed by atoms with Gasteiger partial charge in [0.1, 0.15) is 0 Å². The van der Waals surface area contributed by atoms with Crippen LogP contribution in [0.5, 0.6) is 11.5 Å². The Hall–Kier alpha value is -2.20. The smallest absolute Gasteiger partial charge is 0.223 e. The molecule has 29 heavy (non-hydrogen) atoms. The average Bonchev–Trinajstić information content (AvgIpc) is 3.24. The molecule has 0 unspecified atom stereocenters. The van der Waals surface area contributed by atoms with Crippen LogP contribution in [0.15, 0.2) is 36.4 Å². The number of hydrogen-bond acceptors (Lipinski definition) is 3. The van der Waals surface area contributed by atoms with Gasteiger partial charge < -0.3 is 14.4 Å². The summed E-state index contributed by atoms with van der Waals surface area (Å²) in [5, 5.41) is 0.679. The van der Waals surface area contributed by atoms with Crippen LogP contribution in [-0.4, -0.2) is 31.6 Å². The van der Waals surface area contributed by atoms with Crippen LogP contribution in [0.1, 0.15) is 54.8 Å². The Morgan fingerprint density at radius 1 is 1.10 bits per heavy atom. The fourth-order valence-electron chi connectivity index (χ4n) is 4.83. The van der Waals surface area contributed by atoms with Gasteiger partial charge in [-0.05, 0) is 66.1 Å². The first-order valence-electron chi connectivity index (χ1n) is 10.4. The summed E-state index contributed by atoms with van der Waals surface area (Å²) in [6.07, 6.45) is 6.28. The second kappa shape index (κ2) is 8.66. The zero-order valence-corrected chi connectivity index (χ0v) is 17.9. The molecule has 0 spiro atoms. The van der Waals surface area contributed by atoms with Gasteiger partial charge >= 0.3 is 0 Å². The van der Waals surface area contributed by atoms with Gasteiger partial charge in [0.2, 0.25) is 5.91 Å². The second-order valence-electron chi connectivity index (χ2n) is 8.06. The van der Waals surface area contributed by atoms with Crippen molar-refractivity contribution in [3.05, 3.63) is 58.1 Å². The van der Waals surface area contributed by atoms with Crippen molar-refractivity contribution < 1.29 is 14.3 Å². The van der Waals surface area contributed by atoms with E-state index in [1.165, 1.54) is 31.2 Å². The molecule has 2 aliphatic rings. The van der Waals surface area contributed by atoms with Crippen LogP contribution < -0.4 is 9.47 Å². The lowest BCUT2D eigenvalue weighted by atomic mass is 9.87. The molecule has 0 saturated heterocycles. The molecule has 154 valence electrons. The quantitative estimate of drug-likeness (QED) is 0.657. The number of methoxy groups -OCH3 is 2. The topological polar surface area (TPSA) is 38.8 Å². The van der Waals surface area contributed by atoms with E-state index in [1.54, 1.807) is 14.2 Å². The van der Waals surface area contributed by atoms with E-state index in [0.717, 1.165) is 23.3 Å². The van der Waals surface area contributed by atoms with Crippen molar-refractivity contribution >= 4 is 17.5 Å². The van der Waals surface area contributed by atoms with Gasteiger partial charge in [-0.1, -0.05) is 36.6 Å². The lowest BCUT2D eigenvalue weighted by Gasteiger charge is -2.38. The van der Waals surface area contributed by atoms with Gasteiger partial charge in [-0.25, -0.2) is 0 Å². The minimum atomic E-state index is -0.161. The minimum Gasteiger partial charge on any atom is -0.493 e. The molecule has 1 saturated carbocycles. The van der Waals surface area contributed by atoms with E-state index in [0.29, 0.717) is 29.7 Å². The van der Waals surface area contributed by atoms with Gasteiger partial charge in [-0.15, -0.1) is 0 Å². The molecule has 1 heterocycles. The van der Waals surface area contributed by atoms with Crippen molar-refractivity contribution in [1.82, 2.24) is 4.90 Å². The number of ether oxygens (including phenoxy) is 2. The summed E-state index contributed by atoms with van der Waals surface area (Å²) in [6.45, 7) is 0.700. The molecule has 4 rings (SSSR count). The van der Waals surface area contributed by atoms with Crippen LogP contribution in [0, 0.1) is 5.92 Å². The summed E-state index contributed by atoms with van der Waals surface area (Å²) in [4.78, 5) is 15.4. The Balaban J connectivity index is 1.75. The fourth-order valence-corrected chi connectivity index (χ4v) is 5.03. The monoisotopic (exact) mass is 413 g/mol. The van der Waals surface area contributed by atoms with Crippen molar-refractivity contribution in [3.63, 3.8) is 0 Å². The third-order valence-electron chi connectivity index (χ3n) is 6.30. The van der Waals surface area contributed by atoms with Crippen molar-refractivity contribution in [2.45, 2.75) is 44.6 Å². The Bertz CT molecular complexity index is 892. The van der Waals surface area contributed by atoms with E-state index in [9.17, 15) is 4.79 Å². The molecule has 1 aliphatic carbocycles. The molecule has 1 amide bonds. The van der Waals surface area contributed by atoms with Crippen molar-refractivity contribution in [1.29, 1.82) is 0 Å². The van der Waals surface area contributed by atoms with E-state index < -0.39 is 0 Å². The highest BCUT2D eigenvalue weighted by Crippen LogP contribution is 2.42. The maximum atomic E-state index is 13.3. The summed E-state index contributed by atoms with van der Waals surface area (Å²) in [7, 11) is 3.30. The van der Waals surface area contributed by atoms with E-state index in [2.05, 4.69) is 6.07 Å². The Morgan fingerprint density at radius 3 is 2.52 bits per heavy atom. The highest BCUT2D eigenvalue weighted by molar-refractivity contribution is 6.30. The SMILES string of the molecule is COc1cc2c(cc1OC)[C@H](c1cccc(Cl)c1)N(C(=O)CC1CCCC1)CC2. The van der Waals surface area contributed by atoms with Gasteiger partial charge in [-0.3, -0.25) is 4.79 Å². The fraction of sp³-hybridized carbons (Fsp3) is 0.458. The summed E-state index contributed by atoms with van der Waals surface area (Å²) >= 11 is 6.31. The second-order valence-corrected chi connectivity index (χ2v) is 8.49. The van der Waals surface area contributed by atoms with Crippen LogP contribution in [0.4, 0.5) is 0 Å². The van der Waals surface area contributed by atoms with Crippen LogP contribution in [-0.2, 0) is 11.2 Å². The number of fused-ring (bicyclic) bond motifs is 1. The number of nitrogens with zero attached hydrogens (tertiary/aromatic N) is 1. The highest BCUT2D eigenvalue weighted by Gasteiger charge is 2.34. The third kappa shape index (κ3) is 4.09. The molecular weight excluding hydrogens is 386 g/mol. The number of carbonyl (C=O) groups is 1. The number of hydrogen-bond donors (Lipinski definition) is 0. The molecule has 1 fully saturated rings. The lowest BCUT2D eigenvalue weighted by molar-refractivity contribution is -0.134. The number of carbonyl (C=O) groups excluding carboxylic acids is 1. The number of benzene rings is 2. The number of halogens is 1. The zero-order chi connectivity index (χ0) is 20.4. The third-order valence-corrected chi connectivity index (χ3v) is 6.53. The summed E-state index contributed by atoms with van der Waals surface area (Å²) in [5.74, 6) is 2.17. The van der Waals surface area contributed by atoms with Crippen LogP contribution in [0.25, 0.3) is 0 Å². The summed E-state index contributed by atoms with van der Waals surface area (Å²) in [5.41, 5.74) is 3.32. The predicted molar refractivity (Wildman–Crippen MR) is 115 cm³/mol. The number of rotatable bonds is 5. The average molecular weight is 414 g/mol. The standard InChI is InChI=1S/C24H28ClNO3/c1-28-21-14-17-10-11-26(23(27)12-16-6-3-4-7-16)24(20(17)15-22(21)29-2)18-8-5-9-19(25)13-18/h5,8-9,13-16,24H,3-4,6-7,10-12H2,1-2H3/t24-/m0/s1. The molecule has 0 bridgehead atoms. The van der Waals surface area contributed by atoms with E-state index >= 15 is 0 Å². The van der Waals surface area contributed by atoms with E-state index in [1.807, 2.05) is 35.2 Å². The molecule has 0 radical (unpaired) electrons. The maximum Gasteiger partial charge on any atom is 0.223 e. The molecule has 1 aliphatic heterocycles. The summed E-state index contributed by atoms with van der Waals surface area (Å²) < 4.78 is 11.1. The lowest BCUT2D eigenvalue weighted by Crippen LogP contribution is -2.41. The van der Waals surface area contributed by atoms with Crippen molar-refractivity contribution in [2.24, 2.45) is 5.92 Å². The molecule has 0 N–H and O–H groups in total. The molecule has 2 aromatic carbocycles. The molecule has 5 heteroatoms. The van der Waals surface area contributed by atoms with Gasteiger partial charge in [-0.2, -0.15) is 0 Å². The molecule has 4 nitrogen and oxygen atoms in total. The zero-order valence-electron chi connectivity index (χ0n) is 17.1. The van der Waals surface area contributed by atoms with Gasteiger partial charge in [0.15, 0.2) is 11.5 Å². The normalized spacial score (nSPS) is 19.1. The van der Waals surface area contributed by atoms with Gasteiger partial charge in [0.05, 0.1) is 20.3 Å². The first kappa shape index (κ1) is 20.1. The van der Waals surface area contributed by atoms with Gasteiger partial charge in [0, 0.05) is 18.0 Å². The molecule has 0 aromatic heterocycles. The first-order valence-corrected chi connectivity index (χ1v) is 10.8. The van der Waals surface area contributed by atoms with Gasteiger partial charge in [0.25, 0.3) is 0 Å². The predicted octanol–water partition coefficient (Wildman–Crippen LogP) is 5.41.